The number of rotatable bonds is 27. The summed E-state index contributed by atoms with van der Waals surface area (Å²) in [5.41, 5.74) is -1.15. The third-order valence-electron chi connectivity index (χ3n) is 7.46. The Bertz CT molecular complexity index is 643. The van der Waals surface area contributed by atoms with E-state index in [2.05, 4.69) is 6.92 Å². The third-order valence-corrected chi connectivity index (χ3v) is 8.22. The zero-order valence-electron chi connectivity index (χ0n) is 25.6. The van der Waals surface area contributed by atoms with Gasteiger partial charge in [-0.25, -0.2) is 0 Å². The van der Waals surface area contributed by atoms with E-state index in [1.165, 1.54) is 89.9 Å². The highest BCUT2D eigenvalue weighted by Gasteiger charge is 2.48. The Kier molecular flexibility index (Phi) is 20.6. The molecule has 1 heterocycles. The number of carbonyl (C=O) groups excluding carboxylic acids is 1. The maximum atomic E-state index is 12.0. The van der Waals surface area contributed by atoms with Crippen LogP contribution in [0.25, 0.3) is 0 Å². The topological polar surface area (TPSA) is 91.3 Å². The molecule has 0 aromatic carbocycles. The Labute approximate surface area is 240 Å². The molecule has 0 radical (unpaired) electrons. The summed E-state index contributed by atoms with van der Waals surface area (Å²) >= 11 is 0. The van der Waals surface area contributed by atoms with Crippen molar-refractivity contribution in [2.24, 2.45) is 0 Å². The molecule has 1 aliphatic heterocycles. The molecular formula is C30H60NO7P+2. The SMILES string of the molecule is CCCCCCCCCCCCCCCCCCOCC1(C(O)CO[P+](=O)OCC[N+](C)(C)C)CCC(=O)O1. The van der Waals surface area contributed by atoms with Crippen LogP contribution in [0.1, 0.15) is 122 Å². The van der Waals surface area contributed by atoms with E-state index in [4.69, 9.17) is 18.5 Å². The molecule has 3 unspecified atom stereocenters. The first-order chi connectivity index (χ1) is 18.7. The van der Waals surface area contributed by atoms with E-state index in [1.54, 1.807) is 0 Å². The predicted molar refractivity (Wildman–Crippen MR) is 157 cm³/mol. The molecule has 9 heteroatoms. The standard InChI is InChI=1S/C30H60NO7P/c1-5-6-7-8-9-10-11-12-13-14-15-16-17-18-19-20-24-35-27-30(22-21-29(33)38-30)28(32)26-37-39(34)36-25-23-31(2,3)4/h28,32H,5-27H2,1-4H3/q+2. The second-order valence-electron chi connectivity index (χ2n) is 12.3. The second kappa shape index (κ2) is 22.0. The van der Waals surface area contributed by atoms with E-state index >= 15 is 0 Å². The van der Waals surface area contributed by atoms with Crippen LogP contribution in [-0.2, 0) is 27.9 Å². The summed E-state index contributed by atoms with van der Waals surface area (Å²) in [5, 5.41) is 10.7. The first kappa shape index (κ1) is 36.4. The van der Waals surface area contributed by atoms with Crippen LogP contribution in [0.4, 0.5) is 0 Å². The van der Waals surface area contributed by atoms with Gasteiger partial charge in [-0.15, -0.1) is 9.05 Å². The van der Waals surface area contributed by atoms with Crippen molar-refractivity contribution in [2.75, 3.05) is 54.1 Å². The number of nitrogens with zero attached hydrogens (tertiary/aromatic N) is 1. The molecule has 0 bridgehead atoms. The molecule has 0 aromatic rings. The van der Waals surface area contributed by atoms with Crippen LogP contribution >= 0.6 is 8.25 Å². The minimum absolute atomic E-state index is 0.112. The summed E-state index contributed by atoms with van der Waals surface area (Å²) in [6.45, 7) is 3.68. The molecular weight excluding hydrogens is 517 g/mol. The molecule has 0 aromatic heterocycles. The number of quaternary nitrogens is 1. The molecule has 39 heavy (non-hydrogen) atoms. The lowest BCUT2D eigenvalue weighted by Crippen LogP contribution is -2.48. The lowest BCUT2D eigenvalue weighted by Gasteiger charge is -2.31. The fraction of sp³-hybridized carbons (Fsp3) is 0.967. The zero-order valence-corrected chi connectivity index (χ0v) is 26.5. The van der Waals surface area contributed by atoms with Gasteiger partial charge in [0.25, 0.3) is 0 Å². The monoisotopic (exact) mass is 577 g/mol. The van der Waals surface area contributed by atoms with Crippen molar-refractivity contribution < 1.29 is 37.5 Å². The van der Waals surface area contributed by atoms with Gasteiger partial charge in [0.05, 0.1) is 27.7 Å². The number of hydrogen-bond acceptors (Lipinski definition) is 7. The fourth-order valence-corrected chi connectivity index (χ4v) is 5.35. The van der Waals surface area contributed by atoms with Crippen LogP contribution in [-0.4, -0.2) is 81.4 Å². The van der Waals surface area contributed by atoms with Crippen molar-refractivity contribution in [3.63, 3.8) is 0 Å². The molecule has 1 aliphatic rings. The first-order valence-electron chi connectivity index (χ1n) is 15.7. The number of aliphatic hydroxyl groups excluding tert-OH is 1. The highest BCUT2D eigenvalue weighted by Crippen LogP contribution is 2.33. The molecule has 0 spiro atoms. The van der Waals surface area contributed by atoms with E-state index in [1.807, 2.05) is 21.1 Å². The van der Waals surface area contributed by atoms with Gasteiger partial charge in [0, 0.05) is 24.0 Å². The number of aliphatic hydroxyl groups is 1. The summed E-state index contributed by atoms with van der Waals surface area (Å²) < 4.78 is 34.4. The first-order valence-corrected chi connectivity index (χ1v) is 16.8. The van der Waals surface area contributed by atoms with E-state index < -0.39 is 20.0 Å². The van der Waals surface area contributed by atoms with E-state index in [0.29, 0.717) is 24.1 Å². The van der Waals surface area contributed by atoms with Crippen molar-refractivity contribution >= 4 is 14.2 Å². The highest BCUT2D eigenvalue weighted by molar-refractivity contribution is 7.33. The highest BCUT2D eigenvalue weighted by atomic mass is 31.1. The molecule has 3 atom stereocenters. The van der Waals surface area contributed by atoms with Gasteiger partial charge >= 0.3 is 14.2 Å². The molecule has 230 valence electrons. The van der Waals surface area contributed by atoms with Crippen molar-refractivity contribution in [3.8, 4) is 0 Å². The van der Waals surface area contributed by atoms with E-state index in [9.17, 15) is 14.5 Å². The molecule has 1 fully saturated rings. The Morgan fingerprint density at radius 3 is 1.82 bits per heavy atom. The van der Waals surface area contributed by atoms with Gasteiger partial charge in [0.1, 0.15) is 19.3 Å². The van der Waals surface area contributed by atoms with Gasteiger partial charge < -0.3 is 19.1 Å². The smallest absolute Gasteiger partial charge is 0.454 e. The van der Waals surface area contributed by atoms with Gasteiger partial charge in [-0.1, -0.05) is 103 Å². The normalized spacial score (nSPS) is 18.9. The number of cyclic esters (lactones) is 1. The summed E-state index contributed by atoms with van der Waals surface area (Å²) in [4.78, 5) is 11.8. The number of carbonyl (C=O) groups is 1. The molecule has 1 rings (SSSR count). The minimum Gasteiger partial charge on any atom is -0.454 e. The Balaban J connectivity index is 2.06. The Morgan fingerprint density at radius 1 is 0.846 bits per heavy atom. The number of unbranched alkanes of at least 4 members (excludes halogenated alkanes) is 15. The van der Waals surface area contributed by atoms with Crippen molar-refractivity contribution in [3.05, 3.63) is 0 Å². The van der Waals surface area contributed by atoms with Gasteiger partial charge in [-0.05, 0) is 6.42 Å². The average molecular weight is 578 g/mol. The number of likely N-dealkylation sites (N-methyl/N-ethyl adjacent to an activating group) is 1. The van der Waals surface area contributed by atoms with Crippen molar-refractivity contribution in [1.29, 1.82) is 0 Å². The van der Waals surface area contributed by atoms with Crippen molar-refractivity contribution in [1.82, 2.24) is 0 Å². The van der Waals surface area contributed by atoms with Crippen molar-refractivity contribution in [2.45, 2.75) is 134 Å². The van der Waals surface area contributed by atoms with Crippen LogP contribution in [0.3, 0.4) is 0 Å². The largest absolute Gasteiger partial charge is 0.697 e. The molecule has 1 N–H and O–H groups in total. The third kappa shape index (κ3) is 19.2. The predicted octanol–water partition coefficient (Wildman–Crippen LogP) is 7.10. The van der Waals surface area contributed by atoms with Gasteiger partial charge in [-0.2, -0.15) is 0 Å². The minimum atomic E-state index is -2.35. The maximum absolute atomic E-state index is 12.0. The summed E-state index contributed by atoms with van der Waals surface area (Å²) in [6, 6.07) is 0. The molecule has 0 saturated carbocycles. The van der Waals surface area contributed by atoms with Crippen LogP contribution in [0, 0.1) is 0 Å². The van der Waals surface area contributed by atoms with Crippen LogP contribution < -0.4 is 0 Å². The van der Waals surface area contributed by atoms with Crippen LogP contribution in [0.2, 0.25) is 0 Å². The van der Waals surface area contributed by atoms with Gasteiger partial charge in [0.15, 0.2) is 12.2 Å². The lowest BCUT2D eigenvalue weighted by atomic mass is 9.94. The molecule has 0 amide bonds. The number of ether oxygens (including phenoxy) is 2. The fourth-order valence-electron chi connectivity index (χ4n) is 4.78. The molecule has 0 aliphatic carbocycles. The van der Waals surface area contributed by atoms with E-state index in [0.717, 1.165) is 12.8 Å². The summed E-state index contributed by atoms with van der Waals surface area (Å²) in [6.07, 6.45) is 20.6. The average Bonchev–Trinajstić information content (AvgIpc) is 3.27. The zero-order chi connectivity index (χ0) is 28.8. The maximum Gasteiger partial charge on any atom is 0.697 e. The second-order valence-corrected chi connectivity index (χ2v) is 13.2. The Morgan fingerprint density at radius 2 is 1.36 bits per heavy atom. The Hall–Kier alpha value is -0.630. The number of esters is 1. The molecule has 1 saturated heterocycles. The van der Waals surface area contributed by atoms with Crippen LogP contribution in [0.5, 0.6) is 0 Å². The van der Waals surface area contributed by atoms with Gasteiger partial charge in [0.2, 0.25) is 0 Å². The van der Waals surface area contributed by atoms with E-state index in [-0.39, 0.29) is 32.2 Å². The van der Waals surface area contributed by atoms with Gasteiger partial charge in [-0.3, -0.25) is 4.79 Å². The molecule has 8 nitrogen and oxygen atoms in total. The lowest BCUT2D eigenvalue weighted by molar-refractivity contribution is -0.870. The van der Waals surface area contributed by atoms with Crippen LogP contribution in [0.15, 0.2) is 0 Å². The number of hydrogen-bond donors (Lipinski definition) is 1. The summed E-state index contributed by atoms with van der Waals surface area (Å²) in [7, 11) is 3.69. The summed E-state index contributed by atoms with van der Waals surface area (Å²) in [5.74, 6) is -0.358. The quantitative estimate of drug-likeness (QED) is 0.0482.